The normalized spacial score (nSPS) is 17.1. The van der Waals surface area contributed by atoms with E-state index < -0.39 is 0 Å². The van der Waals surface area contributed by atoms with Gasteiger partial charge in [0.05, 0.1) is 5.56 Å². The van der Waals surface area contributed by atoms with Gasteiger partial charge in [-0.05, 0) is 39.8 Å². The Hall–Kier alpha value is -1.08. The fraction of sp³-hybridized carbons (Fsp3) is 0.500. The monoisotopic (exact) mass is 390 g/mol. The van der Waals surface area contributed by atoms with E-state index in [-0.39, 0.29) is 30.7 Å². The van der Waals surface area contributed by atoms with Crippen molar-refractivity contribution in [2.45, 2.75) is 32.7 Å². The summed E-state index contributed by atoms with van der Waals surface area (Å²) in [7, 11) is 1.97. The maximum atomic E-state index is 12.9. The molecule has 134 valence electrons. The highest BCUT2D eigenvalue weighted by atomic mass is 35.5. The van der Waals surface area contributed by atoms with Gasteiger partial charge in [0.1, 0.15) is 0 Å². The summed E-state index contributed by atoms with van der Waals surface area (Å²) >= 11 is 1.59. The molecule has 5 nitrogen and oxygen atoms in total. The number of piperidine rings is 1. The molecule has 24 heavy (non-hydrogen) atoms. The Kier molecular flexibility index (Phi) is 7.73. The highest BCUT2D eigenvalue weighted by molar-refractivity contribution is 7.12. The Balaban J connectivity index is 0.00000144. The summed E-state index contributed by atoms with van der Waals surface area (Å²) in [5, 5.41) is 6.16. The Morgan fingerprint density at radius 1 is 1.38 bits per heavy atom. The third-order valence-corrected chi connectivity index (χ3v) is 5.15. The minimum atomic E-state index is 0. The van der Waals surface area contributed by atoms with E-state index in [2.05, 4.69) is 14.9 Å². The maximum Gasteiger partial charge on any atom is 0.255 e. The molecule has 1 atom stereocenters. The summed E-state index contributed by atoms with van der Waals surface area (Å²) in [6.07, 6.45) is 3.99. The van der Waals surface area contributed by atoms with E-state index in [4.69, 9.17) is 0 Å². The summed E-state index contributed by atoms with van der Waals surface area (Å²) < 4.78 is 2.07. The summed E-state index contributed by atoms with van der Waals surface area (Å²) in [6.45, 7) is 5.66. The molecule has 0 radical (unpaired) electrons. The largest absolute Gasteiger partial charge is 0.337 e. The molecule has 3 heterocycles. The van der Waals surface area contributed by atoms with Crippen molar-refractivity contribution in [1.82, 2.24) is 19.8 Å². The first-order chi connectivity index (χ1) is 10.6. The zero-order valence-corrected chi connectivity index (χ0v) is 16.6. The fourth-order valence-corrected chi connectivity index (χ4v) is 3.92. The highest BCUT2D eigenvalue weighted by Crippen LogP contribution is 2.24. The van der Waals surface area contributed by atoms with Gasteiger partial charge in [-0.25, -0.2) is 4.98 Å². The van der Waals surface area contributed by atoms with Gasteiger partial charge in [0.2, 0.25) is 0 Å². The SMILES string of the molecule is CNC1CCCN(C(=O)c2cc(C)n(-c3nccs3)c2C)C1.Cl.Cl. The molecule has 0 aromatic carbocycles. The van der Waals surface area contributed by atoms with Gasteiger partial charge < -0.3 is 10.2 Å². The molecule has 0 spiro atoms. The van der Waals surface area contributed by atoms with Crippen LogP contribution in [-0.2, 0) is 0 Å². The van der Waals surface area contributed by atoms with Gasteiger partial charge in [-0.3, -0.25) is 9.36 Å². The number of nitrogens with zero attached hydrogens (tertiary/aromatic N) is 3. The Morgan fingerprint density at radius 2 is 2.12 bits per heavy atom. The number of likely N-dealkylation sites (N-methyl/N-ethyl adjacent to an activating group) is 1. The number of nitrogens with one attached hydrogen (secondary N) is 1. The first-order valence-electron chi connectivity index (χ1n) is 7.67. The molecule has 2 aromatic heterocycles. The van der Waals surface area contributed by atoms with Crippen LogP contribution >= 0.6 is 36.2 Å². The molecule has 2 aromatic rings. The fourth-order valence-electron chi connectivity index (χ4n) is 3.17. The Bertz CT molecular complexity index is 672. The van der Waals surface area contributed by atoms with Crippen molar-refractivity contribution in [3.8, 4) is 5.13 Å². The van der Waals surface area contributed by atoms with E-state index in [1.165, 1.54) is 0 Å². The minimum Gasteiger partial charge on any atom is -0.337 e. The number of aromatic nitrogens is 2. The first-order valence-corrected chi connectivity index (χ1v) is 8.55. The van der Waals surface area contributed by atoms with Crippen molar-refractivity contribution < 1.29 is 4.79 Å². The molecular weight excluding hydrogens is 367 g/mol. The van der Waals surface area contributed by atoms with E-state index in [1.807, 2.05) is 37.2 Å². The van der Waals surface area contributed by atoms with Crippen molar-refractivity contribution in [2.75, 3.05) is 20.1 Å². The van der Waals surface area contributed by atoms with Crippen molar-refractivity contribution in [2.24, 2.45) is 0 Å². The Labute approximate surface area is 159 Å². The van der Waals surface area contributed by atoms with E-state index in [9.17, 15) is 4.79 Å². The molecule has 0 bridgehead atoms. The zero-order valence-electron chi connectivity index (χ0n) is 14.1. The molecule has 0 aliphatic carbocycles. The average Bonchev–Trinajstić information content (AvgIpc) is 3.14. The number of rotatable bonds is 3. The topological polar surface area (TPSA) is 50.2 Å². The van der Waals surface area contributed by atoms with Crippen LogP contribution in [0.15, 0.2) is 17.6 Å². The minimum absolute atomic E-state index is 0. The van der Waals surface area contributed by atoms with Crippen molar-refractivity contribution in [1.29, 1.82) is 0 Å². The van der Waals surface area contributed by atoms with E-state index >= 15 is 0 Å². The van der Waals surface area contributed by atoms with Gasteiger partial charge in [0, 0.05) is 42.1 Å². The van der Waals surface area contributed by atoms with Crippen LogP contribution in [0, 0.1) is 13.8 Å². The second kappa shape index (κ2) is 8.85. The van der Waals surface area contributed by atoms with E-state index in [1.54, 1.807) is 17.5 Å². The third-order valence-electron chi connectivity index (χ3n) is 4.39. The summed E-state index contributed by atoms with van der Waals surface area (Å²) in [6, 6.07) is 2.39. The van der Waals surface area contributed by atoms with Crippen LogP contribution in [0.3, 0.4) is 0 Å². The number of amides is 1. The third kappa shape index (κ3) is 3.94. The number of aryl methyl sites for hydroxylation is 1. The van der Waals surface area contributed by atoms with Gasteiger partial charge in [0.15, 0.2) is 5.13 Å². The predicted octanol–water partition coefficient (Wildman–Crippen LogP) is 3.22. The molecule has 1 saturated heterocycles. The van der Waals surface area contributed by atoms with Crippen LogP contribution in [0.25, 0.3) is 5.13 Å². The Morgan fingerprint density at radius 3 is 2.75 bits per heavy atom. The molecular formula is C16H24Cl2N4OS. The van der Waals surface area contributed by atoms with Crippen molar-refractivity contribution in [3.63, 3.8) is 0 Å². The lowest BCUT2D eigenvalue weighted by Crippen LogP contribution is -2.47. The van der Waals surface area contributed by atoms with Crippen LogP contribution in [0.5, 0.6) is 0 Å². The number of halogens is 2. The molecule has 1 amide bonds. The maximum absolute atomic E-state index is 12.9. The number of carbonyl (C=O) groups is 1. The van der Waals surface area contributed by atoms with Gasteiger partial charge in [0.25, 0.3) is 5.91 Å². The van der Waals surface area contributed by atoms with Gasteiger partial charge >= 0.3 is 0 Å². The van der Waals surface area contributed by atoms with Crippen LogP contribution < -0.4 is 5.32 Å². The molecule has 1 aliphatic heterocycles. The highest BCUT2D eigenvalue weighted by Gasteiger charge is 2.26. The number of likely N-dealkylation sites (tertiary alicyclic amines) is 1. The van der Waals surface area contributed by atoms with E-state index in [0.29, 0.717) is 6.04 Å². The lowest BCUT2D eigenvalue weighted by molar-refractivity contribution is 0.0697. The predicted molar refractivity (Wildman–Crippen MR) is 103 cm³/mol. The smallest absolute Gasteiger partial charge is 0.255 e. The molecule has 1 fully saturated rings. The summed E-state index contributed by atoms with van der Waals surface area (Å²) in [5.41, 5.74) is 2.83. The number of hydrogen-bond acceptors (Lipinski definition) is 4. The van der Waals surface area contributed by atoms with Gasteiger partial charge in [-0.15, -0.1) is 36.2 Å². The molecule has 3 rings (SSSR count). The quantitative estimate of drug-likeness (QED) is 0.874. The number of hydrogen-bond donors (Lipinski definition) is 1. The lowest BCUT2D eigenvalue weighted by atomic mass is 10.0. The van der Waals surface area contributed by atoms with Crippen LogP contribution in [0.1, 0.15) is 34.6 Å². The van der Waals surface area contributed by atoms with Crippen molar-refractivity contribution >= 4 is 42.1 Å². The molecule has 1 unspecified atom stereocenters. The summed E-state index contributed by atoms with van der Waals surface area (Å²) in [5.74, 6) is 0.135. The second-order valence-corrected chi connectivity index (χ2v) is 6.69. The van der Waals surface area contributed by atoms with E-state index in [0.717, 1.165) is 48.0 Å². The molecule has 0 saturated carbocycles. The standard InChI is InChI=1S/C16H22N4OS.2ClH/c1-11-9-14(12(2)20(11)16-18-6-8-22-16)15(21)19-7-4-5-13(10-19)17-3;;/h6,8-9,13,17H,4-5,7,10H2,1-3H3;2*1H. The van der Waals surface area contributed by atoms with Crippen molar-refractivity contribution in [3.05, 3.63) is 34.6 Å². The van der Waals surface area contributed by atoms with Crippen LogP contribution in [0.2, 0.25) is 0 Å². The molecule has 8 heteroatoms. The van der Waals surface area contributed by atoms with Gasteiger partial charge in [-0.2, -0.15) is 0 Å². The number of carbonyl (C=O) groups excluding carboxylic acids is 1. The first kappa shape index (κ1) is 21.0. The average molecular weight is 391 g/mol. The van der Waals surface area contributed by atoms with Gasteiger partial charge in [-0.1, -0.05) is 0 Å². The van der Waals surface area contributed by atoms with Crippen LogP contribution in [-0.4, -0.2) is 46.5 Å². The van der Waals surface area contributed by atoms with Crippen LogP contribution in [0.4, 0.5) is 0 Å². The second-order valence-electron chi connectivity index (χ2n) is 5.81. The lowest BCUT2D eigenvalue weighted by Gasteiger charge is -2.32. The summed E-state index contributed by atoms with van der Waals surface area (Å²) in [4.78, 5) is 19.2. The zero-order chi connectivity index (χ0) is 15.7. The molecule has 1 aliphatic rings. The number of thiazole rings is 1. The molecule has 1 N–H and O–H groups in total.